The summed E-state index contributed by atoms with van der Waals surface area (Å²) < 4.78 is 15.6. The van der Waals surface area contributed by atoms with Gasteiger partial charge in [-0.05, 0) is 37.3 Å². The number of rotatable bonds is 5. The van der Waals surface area contributed by atoms with Crippen molar-refractivity contribution in [1.29, 1.82) is 0 Å². The predicted molar refractivity (Wildman–Crippen MR) is 74.1 cm³/mol. The maximum absolute atomic E-state index is 12.0. The zero-order valence-corrected chi connectivity index (χ0v) is 11.7. The molecule has 1 atom stereocenters. The van der Waals surface area contributed by atoms with Crippen molar-refractivity contribution >= 4 is 5.91 Å². The van der Waals surface area contributed by atoms with Gasteiger partial charge in [0.1, 0.15) is 11.5 Å². The van der Waals surface area contributed by atoms with Crippen LogP contribution in [0.2, 0.25) is 0 Å². The molecule has 0 saturated heterocycles. The molecule has 2 aromatic rings. The molecule has 5 nitrogen and oxygen atoms in total. The van der Waals surface area contributed by atoms with E-state index in [1.54, 1.807) is 26.4 Å². The van der Waals surface area contributed by atoms with Gasteiger partial charge in [0.15, 0.2) is 5.76 Å². The molecule has 0 aliphatic rings. The molecule has 0 unspecified atom stereocenters. The van der Waals surface area contributed by atoms with Crippen LogP contribution >= 0.6 is 0 Å². The van der Waals surface area contributed by atoms with E-state index >= 15 is 0 Å². The topological polar surface area (TPSA) is 60.7 Å². The Morgan fingerprint density at radius 1 is 1.25 bits per heavy atom. The molecule has 0 fully saturated rings. The molecule has 106 valence electrons. The lowest BCUT2D eigenvalue weighted by atomic mass is 10.1. The third kappa shape index (κ3) is 2.93. The van der Waals surface area contributed by atoms with Crippen molar-refractivity contribution in [3.05, 3.63) is 47.9 Å². The van der Waals surface area contributed by atoms with Gasteiger partial charge in [-0.25, -0.2) is 0 Å². The number of amides is 1. The standard InChI is InChI=1S/C15H17NO4/c1-10(16-15(17)14-5-4-8-20-14)12-9-11(18-2)6-7-13(12)19-3/h4-10H,1-3H3,(H,16,17)/t10-/m1/s1. The lowest BCUT2D eigenvalue weighted by Crippen LogP contribution is -2.26. The average Bonchev–Trinajstić information content (AvgIpc) is 3.00. The van der Waals surface area contributed by atoms with Gasteiger partial charge in [-0.3, -0.25) is 4.79 Å². The van der Waals surface area contributed by atoms with E-state index in [4.69, 9.17) is 13.9 Å². The molecule has 0 saturated carbocycles. The smallest absolute Gasteiger partial charge is 0.287 e. The van der Waals surface area contributed by atoms with Crippen LogP contribution in [0, 0.1) is 0 Å². The molecule has 1 N–H and O–H groups in total. The quantitative estimate of drug-likeness (QED) is 0.911. The second-order valence-electron chi connectivity index (χ2n) is 4.28. The minimum atomic E-state index is -0.271. The first-order valence-electron chi connectivity index (χ1n) is 6.22. The summed E-state index contributed by atoms with van der Waals surface area (Å²) in [5, 5.41) is 2.86. The van der Waals surface area contributed by atoms with E-state index in [9.17, 15) is 4.79 Å². The van der Waals surface area contributed by atoms with Crippen molar-refractivity contribution in [3.63, 3.8) is 0 Å². The third-order valence-corrected chi connectivity index (χ3v) is 3.00. The highest BCUT2D eigenvalue weighted by molar-refractivity contribution is 5.91. The number of carbonyl (C=O) groups is 1. The van der Waals surface area contributed by atoms with Gasteiger partial charge >= 0.3 is 0 Å². The molecule has 2 rings (SSSR count). The predicted octanol–water partition coefficient (Wildman–Crippen LogP) is 2.79. The van der Waals surface area contributed by atoms with Gasteiger partial charge in [0.25, 0.3) is 5.91 Å². The fourth-order valence-corrected chi connectivity index (χ4v) is 1.93. The first kappa shape index (κ1) is 14.0. The second kappa shape index (κ2) is 6.14. The van der Waals surface area contributed by atoms with Gasteiger partial charge in [0.2, 0.25) is 0 Å². The normalized spacial score (nSPS) is 11.8. The molecule has 0 bridgehead atoms. The summed E-state index contributed by atoms with van der Waals surface area (Å²) >= 11 is 0. The van der Waals surface area contributed by atoms with Gasteiger partial charge in [0, 0.05) is 5.56 Å². The molecule has 0 aliphatic carbocycles. The van der Waals surface area contributed by atoms with Crippen molar-refractivity contribution in [2.24, 2.45) is 0 Å². The molecule has 1 aromatic heterocycles. The van der Waals surface area contributed by atoms with Crippen LogP contribution in [0.25, 0.3) is 0 Å². The lowest BCUT2D eigenvalue weighted by molar-refractivity contribution is 0.0911. The summed E-state index contributed by atoms with van der Waals surface area (Å²) in [5.74, 6) is 1.41. The molecule has 1 heterocycles. The van der Waals surface area contributed by atoms with Crippen LogP contribution in [-0.2, 0) is 0 Å². The molecular formula is C15H17NO4. The molecule has 5 heteroatoms. The second-order valence-corrected chi connectivity index (χ2v) is 4.28. The van der Waals surface area contributed by atoms with Crippen LogP contribution < -0.4 is 14.8 Å². The molecule has 0 spiro atoms. The highest BCUT2D eigenvalue weighted by Gasteiger charge is 2.17. The largest absolute Gasteiger partial charge is 0.497 e. The minimum absolute atomic E-state index is 0.238. The van der Waals surface area contributed by atoms with Gasteiger partial charge in [-0.2, -0.15) is 0 Å². The van der Waals surface area contributed by atoms with Gasteiger partial charge in [-0.15, -0.1) is 0 Å². The molecule has 1 aromatic carbocycles. The van der Waals surface area contributed by atoms with Crippen molar-refractivity contribution < 1.29 is 18.7 Å². The van der Waals surface area contributed by atoms with Crippen LogP contribution in [0.5, 0.6) is 11.5 Å². The van der Waals surface area contributed by atoms with Crippen LogP contribution in [0.1, 0.15) is 29.1 Å². The van der Waals surface area contributed by atoms with E-state index in [1.807, 2.05) is 25.1 Å². The SMILES string of the molecule is COc1ccc(OC)c([C@@H](C)NC(=O)c2ccco2)c1. The number of carbonyl (C=O) groups excluding carboxylic acids is 1. The zero-order chi connectivity index (χ0) is 14.5. The Balaban J connectivity index is 2.19. The lowest BCUT2D eigenvalue weighted by Gasteiger charge is -2.17. The molecule has 0 radical (unpaired) electrons. The monoisotopic (exact) mass is 275 g/mol. The van der Waals surface area contributed by atoms with Gasteiger partial charge in [-0.1, -0.05) is 0 Å². The van der Waals surface area contributed by atoms with Crippen molar-refractivity contribution in [1.82, 2.24) is 5.32 Å². The molecule has 0 aliphatic heterocycles. The van der Waals surface area contributed by atoms with Crippen molar-refractivity contribution in [2.45, 2.75) is 13.0 Å². The average molecular weight is 275 g/mol. The number of furan rings is 1. The summed E-state index contributed by atoms with van der Waals surface area (Å²) in [4.78, 5) is 12.0. The number of benzene rings is 1. The van der Waals surface area contributed by atoms with Crippen LogP contribution in [0.3, 0.4) is 0 Å². The fraction of sp³-hybridized carbons (Fsp3) is 0.267. The molecule has 20 heavy (non-hydrogen) atoms. The summed E-state index contributed by atoms with van der Waals surface area (Å²) in [7, 11) is 3.18. The summed E-state index contributed by atoms with van der Waals surface area (Å²) in [6.45, 7) is 1.87. The van der Waals surface area contributed by atoms with Crippen LogP contribution in [0.4, 0.5) is 0 Å². The Morgan fingerprint density at radius 2 is 2.05 bits per heavy atom. The van der Waals surface area contributed by atoms with Crippen molar-refractivity contribution in [2.75, 3.05) is 14.2 Å². The third-order valence-electron chi connectivity index (χ3n) is 3.00. The fourth-order valence-electron chi connectivity index (χ4n) is 1.93. The first-order valence-corrected chi connectivity index (χ1v) is 6.22. The summed E-state index contributed by atoms with van der Waals surface area (Å²) in [6.07, 6.45) is 1.46. The van der Waals surface area contributed by atoms with Crippen LogP contribution in [-0.4, -0.2) is 20.1 Å². The van der Waals surface area contributed by atoms with E-state index in [2.05, 4.69) is 5.32 Å². The van der Waals surface area contributed by atoms with Gasteiger partial charge in [0.05, 0.1) is 26.5 Å². The highest BCUT2D eigenvalue weighted by Crippen LogP contribution is 2.29. The van der Waals surface area contributed by atoms with E-state index in [-0.39, 0.29) is 17.7 Å². The Bertz CT molecular complexity index is 578. The van der Waals surface area contributed by atoms with E-state index in [1.165, 1.54) is 6.26 Å². The number of methoxy groups -OCH3 is 2. The summed E-state index contributed by atoms with van der Waals surface area (Å²) in [5.41, 5.74) is 0.840. The Morgan fingerprint density at radius 3 is 2.65 bits per heavy atom. The maximum Gasteiger partial charge on any atom is 0.287 e. The molecular weight excluding hydrogens is 258 g/mol. The Hall–Kier alpha value is -2.43. The number of ether oxygens (including phenoxy) is 2. The Kier molecular flexibility index (Phi) is 4.30. The highest BCUT2D eigenvalue weighted by atomic mass is 16.5. The minimum Gasteiger partial charge on any atom is -0.497 e. The van der Waals surface area contributed by atoms with E-state index in [0.717, 1.165) is 5.56 Å². The number of hydrogen-bond donors (Lipinski definition) is 1. The van der Waals surface area contributed by atoms with Crippen molar-refractivity contribution in [3.8, 4) is 11.5 Å². The number of hydrogen-bond acceptors (Lipinski definition) is 4. The molecule has 1 amide bonds. The number of nitrogens with one attached hydrogen (secondary N) is 1. The van der Waals surface area contributed by atoms with Gasteiger partial charge < -0.3 is 19.2 Å². The van der Waals surface area contributed by atoms with Crippen LogP contribution in [0.15, 0.2) is 41.0 Å². The zero-order valence-electron chi connectivity index (χ0n) is 11.7. The summed E-state index contributed by atoms with van der Waals surface area (Å²) in [6, 6.07) is 8.51. The van der Waals surface area contributed by atoms with E-state index in [0.29, 0.717) is 11.5 Å². The van der Waals surface area contributed by atoms with E-state index < -0.39 is 0 Å². The Labute approximate surface area is 117 Å². The first-order chi connectivity index (χ1) is 9.65. The maximum atomic E-state index is 12.0.